The fraction of sp³-hybridized carbons (Fsp3) is 0.923. The van der Waals surface area contributed by atoms with Gasteiger partial charge in [0.25, 0.3) is 0 Å². The van der Waals surface area contributed by atoms with E-state index in [0.717, 1.165) is 19.6 Å². The molecule has 0 saturated heterocycles. The zero-order valence-electron chi connectivity index (χ0n) is 20.6. The zero-order valence-corrected chi connectivity index (χ0v) is 20.6. The van der Waals surface area contributed by atoms with Gasteiger partial charge in [-0.3, -0.25) is 4.90 Å². The van der Waals surface area contributed by atoms with E-state index in [2.05, 4.69) is 24.0 Å². The van der Waals surface area contributed by atoms with E-state index >= 15 is 0 Å². The van der Waals surface area contributed by atoms with Gasteiger partial charge in [0.1, 0.15) is 0 Å². The molecule has 0 aliphatic rings. The Morgan fingerprint density at radius 3 is 1.48 bits per heavy atom. The standard InChI is InChI=1S/C26H53NO4/c1-2-3-4-5-6-7-8-9-10-11-12-13-14-15-16-17-18-27(19-23-30-25-21-28)20-24-31-26-22-29/h9-10,28-29H,2-8,11-26H2,1H3. The maximum Gasteiger partial charge on any atom is 0.0698 e. The van der Waals surface area contributed by atoms with Crippen LogP contribution in [0.15, 0.2) is 12.2 Å². The first-order chi connectivity index (χ1) is 15.3. The first-order valence-corrected chi connectivity index (χ1v) is 13.1. The normalized spacial score (nSPS) is 11.9. The van der Waals surface area contributed by atoms with Crippen molar-refractivity contribution in [1.82, 2.24) is 4.90 Å². The van der Waals surface area contributed by atoms with Crippen LogP contribution in [0.25, 0.3) is 0 Å². The largest absolute Gasteiger partial charge is 0.394 e. The molecule has 0 bridgehead atoms. The van der Waals surface area contributed by atoms with Gasteiger partial charge in [-0.1, -0.05) is 76.9 Å². The summed E-state index contributed by atoms with van der Waals surface area (Å²) in [6.07, 6.45) is 23.4. The first-order valence-electron chi connectivity index (χ1n) is 13.1. The van der Waals surface area contributed by atoms with E-state index in [9.17, 15) is 0 Å². The summed E-state index contributed by atoms with van der Waals surface area (Å²) in [5, 5.41) is 17.6. The van der Waals surface area contributed by atoms with Gasteiger partial charge >= 0.3 is 0 Å². The summed E-state index contributed by atoms with van der Waals surface area (Å²) >= 11 is 0. The summed E-state index contributed by atoms with van der Waals surface area (Å²) in [7, 11) is 0. The van der Waals surface area contributed by atoms with E-state index in [1.165, 1.54) is 89.9 Å². The van der Waals surface area contributed by atoms with E-state index in [4.69, 9.17) is 19.7 Å². The molecule has 0 fully saturated rings. The van der Waals surface area contributed by atoms with Gasteiger partial charge in [-0.05, 0) is 38.6 Å². The van der Waals surface area contributed by atoms with Crippen molar-refractivity contribution in [1.29, 1.82) is 0 Å². The molecule has 0 aromatic rings. The van der Waals surface area contributed by atoms with Crippen molar-refractivity contribution in [2.24, 2.45) is 0 Å². The van der Waals surface area contributed by atoms with Crippen LogP contribution < -0.4 is 0 Å². The van der Waals surface area contributed by atoms with Crippen LogP contribution in [-0.4, -0.2) is 74.4 Å². The predicted octanol–water partition coefficient (Wildman–Crippen LogP) is 5.34. The summed E-state index contributed by atoms with van der Waals surface area (Å²) in [4.78, 5) is 2.36. The Bertz CT molecular complexity index is 340. The van der Waals surface area contributed by atoms with Crippen LogP contribution in [0.4, 0.5) is 0 Å². The molecule has 0 aliphatic heterocycles. The smallest absolute Gasteiger partial charge is 0.0698 e. The molecule has 0 aliphatic carbocycles. The maximum atomic E-state index is 8.81. The van der Waals surface area contributed by atoms with Crippen LogP contribution in [-0.2, 0) is 9.47 Å². The monoisotopic (exact) mass is 443 g/mol. The van der Waals surface area contributed by atoms with Crippen LogP contribution in [0.2, 0.25) is 0 Å². The van der Waals surface area contributed by atoms with Gasteiger partial charge in [-0.25, -0.2) is 0 Å². The fourth-order valence-corrected chi connectivity index (χ4v) is 3.64. The third-order valence-corrected chi connectivity index (χ3v) is 5.56. The van der Waals surface area contributed by atoms with Gasteiger partial charge in [0.15, 0.2) is 0 Å². The highest BCUT2D eigenvalue weighted by Gasteiger charge is 2.05. The molecule has 0 aromatic carbocycles. The molecule has 0 saturated carbocycles. The average molecular weight is 444 g/mol. The van der Waals surface area contributed by atoms with Crippen LogP contribution in [0.1, 0.15) is 96.8 Å². The quantitative estimate of drug-likeness (QED) is 0.139. The molecule has 0 radical (unpaired) electrons. The van der Waals surface area contributed by atoms with E-state index in [1.807, 2.05) is 0 Å². The topological polar surface area (TPSA) is 62.2 Å². The second-order valence-corrected chi connectivity index (χ2v) is 8.45. The third kappa shape index (κ3) is 25.7. The van der Waals surface area contributed by atoms with Gasteiger partial charge in [-0.2, -0.15) is 0 Å². The predicted molar refractivity (Wildman–Crippen MR) is 132 cm³/mol. The molecule has 186 valence electrons. The summed E-state index contributed by atoms with van der Waals surface area (Å²) in [6, 6.07) is 0. The number of rotatable bonds is 26. The molecular weight excluding hydrogens is 390 g/mol. The lowest BCUT2D eigenvalue weighted by Crippen LogP contribution is -2.32. The summed E-state index contributed by atoms with van der Waals surface area (Å²) in [5.41, 5.74) is 0. The molecule has 0 aromatic heterocycles. The van der Waals surface area contributed by atoms with Crippen molar-refractivity contribution in [3.63, 3.8) is 0 Å². The van der Waals surface area contributed by atoms with Crippen molar-refractivity contribution in [3.8, 4) is 0 Å². The molecule has 0 unspecified atom stereocenters. The second kappa shape index (κ2) is 27.6. The van der Waals surface area contributed by atoms with Gasteiger partial charge in [0, 0.05) is 13.1 Å². The SMILES string of the molecule is CCCCCCCCC=CCCCCCCCCN(CCOCCO)CCOCCO. The molecule has 31 heavy (non-hydrogen) atoms. The lowest BCUT2D eigenvalue weighted by molar-refractivity contribution is 0.0503. The summed E-state index contributed by atoms with van der Waals surface area (Å²) in [6.45, 7) is 7.33. The Kier molecular flexibility index (Phi) is 27.2. The third-order valence-electron chi connectivity index (χ3n) is 5.56. The highest BCUT2D eigenvalue weighted by atomic mass is 16.5. The fourth-order valence-electron chi connectivity index (χ4n) is 3.64. The minimum atomic E-state index is 0.0779. The van der Waals surface area contributed by atoms with Crippen LogP contribution in [0, 0.1) is 0 Å². The number of hydrogen-bond donors (Lipinski definition) is 2. The Morgan fingerprint density at radius 2 is 1.00 bits per heavy atom. The molecule has 0 amide bonds. The molecule has 0 atom stereocenters. The van der Waals surface area contributed by atoms with E-state index in [1.54, 1.807) is 0 Å². The lowest BCUT2D eigenvalue weighted by atomic mass is 10.1. The molecule has 5 nitrogen and oxygen atoms in total. The average Bonchev–Trinajstić information content (AvgIpc) is 2.78. The number of unbranched alkanes of at least 4 members (excludes halogenated alkanes) is 12. The van der Waals surface area contributed by atoms with Gasteiger partial charge < -0.3 is 19.7 Å². The highest BCUT2D eigenvalue weighted by Crippen LogP contribution is 2.10. The van der Waals surface area contributed by atoms with Gasteiger partial charge in [-0.15, -0.1) is 0 Å². The number of aliphatic hydroxyl groups is 2. The molecule has 0 heterocycles. The minimum absolute atomic E-state index is 0.0779. The van der Waals surface area contributed by atoms with Crippen molar-refractivity contribution >= 4 is 0 Å². The Labute approximate surface area is 193 Å². The highest BCUT2D eigenvalue weighted by molar-refractivity contribution is 4.81. The molecular formula is C26H53NO4. The van der Waals surface area contributed by atoms with Crippen molar-refractivity contribution < 1.29 is 19.7 Å². The number of hydrogen-bond acceptors (Lipinski definition) is 5. The first kappa shape index (κ1) is 30.5. The van der Waals surface area contributed by atoms with Gasteiger partial charge in [0.05, 0.1) is 39.6 Å². The van der Waals surface area contributed by atoms with Gasteiger partial charge in [0.2, 0.25) is 0 Å². The van der Waals surface area contributed by atoms with Crippen molar-refractivity contribution in [2.75, 3.05) is 59.3 Å². The van der Waals surface area contributed by atoms with E-state index in [0.29, 0.717) is 26.4 Å². The van der Waals surface area contributed by atoms with E-state index < -0.39 is 0 Å². The number of nitrogens with zero attached hydrogens (tertiary/aromatic N) is 1. The Hall–Kier alpha value is -0.460. The number of ether oxygens (including phenoxy) is 2. The summed E-state index contributed by atoms with van der Waals surface area (Å²) < 4.78 is 10.8. The molecule has 2 N–H and O–H groups in total. The van der Waals surface area contributed by atoms with Crippen molar-refractivity contribution in [2.45, 2.75) is 96.8 Å². The van der Waals surface area contributed by atoms with E-state index in [-0.39, 0.29) is 13.2 Å². The Morgan fingerprint density at radius 1 is 0.548 bits per heavy atom. The summed E-state index contributed by atoms with van der Waals surface area (Å²) in [5.74, 6) is 0. The lowest BCUT2D eigenvalue weighted by Gasteiger charge is -2.22. The zero-order chi connectivity index (χ0) is 22.7. The van der Waals surface area contributed by atoms with Crippen LogP contribution >= 0.6 is 0 Å². The number of aliphatic hydroxyl groups excluding tert-OH is 2. The van der Waals surface area contributed by atoms with Crippen LogP contribution in [0.3, 0.4) is 0 Å². The van der Waals surface area contributed by atoms with Crippen LogP contribution in [0.5, 0.6) is 0 Å². The molecule has 0 rings (SSSR count). The van der Waals surface area contributed by atoms with Crippen molar-refractivity contribution in [3.05, 3.63) is 12.2 Å². The molecule has 5 heteroatoms. The Balaban J connectivity index is 3.53. The molecule has 0 spiro atoms. The maximum absolute atomic E-state index is 8.81. The number of allylic oxidation sites excluding steroid dienone is 2. The second-order valence-electron chi connectivity index (χ2n) is 8.45. The minimum Gasteiger partial charge on any atom is -0.394 e.